The number of anilines is 1. The van der Waals surface area contributed by atoms with Crippen molar-refractivity contribution in [3.63, 3.8) is 0 Å². The first-order valence-corrected chi connectivity index (χ1v) is 6.53. The summed E-state index contributed by atoms with van der Waals surface area (Å²) in [6.07, 6.45) is 0. The van der Waals surface area contributed by atoms with Crippen molar-refractivity contribution in [2.75, 3.05) is 38.8 Å². The van der Waals surface area contributed by atoms with Crippen LogP contribution in [0.1, 0.15) is 0 Å². The van der Waals surface area contributed by atoms with Gasteiger partial charge in [-0.2, -0.15) is 0 Å². The molecule has 7 heteroatoms. The lowest BCUT2D eigenvalue weighted by Crippen LogP contribution is -2.56. The van der Waals surface area contributed by atoms with E-state index < -0.39 is 12.0 Å². The first kappa shape index (κ1) is 15.1. The second-order valence-corrected chi connectivity index (χ2v) is 4.67. The number of hydrogen-bond acceptors (Lipinski definition) is 4. The number of carbonyl (C=O) groups is 2. The number of carbonyl (C=O) groups excluding carboxylic acids is 1. The molecule has 0 aromatic heterocycles. The van der Waals surface area contributed by atoms with Gasteiger partial charge in [-0.25, -0.2) is 9.59 Å². The van der Waals surface area contributed by atoms with Crippen LogP contribution in [0.4, 0.5) is 10.5 Å². The molecule has 0 radical (unpaired) electrons. The molecule has 1 N–H and O–H groups in total. The van der Waals surface area contributed by atoms with Crippen LogP contribution in [0.25, 0.3) is 0 Å². The Balaban J connectivity index is 2.18. The van der Waals surface area contributed by atoms with Crippen LogP contribution >= 0.6 is 0 Å². The van der Waals surface area contributed by atoms with Gasteiger partial charge in [0.2, 0.25) is 0 Å². The number of benzene rings is 1. The van der Waals surface area contributed by atoms with Crippen molar-refractivity contribution in [2.24, 2.45) is 0 Å². The Kier molecular flexibility index (Phi) is 4.64. The summed E-state index contributed by atoms with van der Waals surface area (Å²) in [5.41, 5.74) is 0.634. The molecular weight excluding hydrogens is 276 g/mol. The molecule has 2 rings (SSSR count). The van der Waals surface area contributed by atoms with E-state index in [9.17, 15) is 14.7 Å². The highest BCUT2D eigenvalue weighted by Gasteiger charge is 2.34. The Morgan fingerprint density at radius 2 is 2.24 bits per heavy atom. The molecule has 114 valence electrons. The average molecular weight is 294 g/mol. The lowest BCUT2D eigenvalue weighted by atomic mass is 10.2. The molecule has 1 unspecified atom stereocenters. The molecule has 21 heavy (non-hydrogen) atoms. The summed E-state index contributed by atoms with van der Waals surface area (Å²) in [6, 6.07) is 5.69. The van der Waals surface area contributed by atoms with Crippen molar-refractivity contribution in [1.82, 2.24) is 4.90 Å². The molecular formula is C14H18N2O5. The van der Waals surface area contributed by atoms with E-state index in [0.29, 0.717) is 18.0 Å². The minimum Gasteiger partial charge on any atom is -0.497 e. The van der Waals surface area contributed by atoms with E-state index in [-0.39, 0.29) is 19.2 Å². The zero-order valence-electron chi connectivity index (χ0n) is 12.0. The molecule has 1 aromatic carbocycles. The maximum atomic E-state index is 12.5. The van der Waals surface area contributed by atoms with Crippen LogP contribution in [0.15, 0.2) is 24.3 Å². The predicted octanol–water partition coefficient (Wildman–Crippen LogP) is 1.04. The summed E-state index contributed by atoms with van der Waals surface area (Å²) in [6.45, 7) is 0.596. The fourth-order valence-corrected chi connectivity index (χ4v) is 2.16. The monoisotopic (exact) mass is 294 g/mol. The minimum atomic E-state index is -1.07. The van der Waals surface area contributed by atoms with Crippen LogP contribution in [-0.2, 0) is 9.53 Å². The number of nitrogens with zero attached hydrogens (tertiary/aromatic N) is 2. The molecule has 7 nitrogen and oxygen atoms in total. The maximum Gasteiger partial charge on any atom is 0.328 e. The van der Waals surface area contributed by atoms with E-state index in [1.807, 2.05) is 0 Å². The van der Waals surface area contributed by atoms with Crippen molar-refractivity contribution >= 4 is 17.7 Å². The summed E-state index contributed by atoms with van der Waals surface area (Å²) in [4.78, 5) is 26.4. The van der Waals surface area contributed by atoms with Crippen molar-refractivity contribution in [2.45, 2.75) is 6.04 Å². The van der Waals surface area contributed by atoms with Gasteiger partial charge in [0, 0.05) is 25.3 Å². The second-order valence-electron chi connectivity index (χ2n) is 4.67. The first-order chi connectivity index (χ1) is 10.0. The summed E-state index contributed by atoms with van der Waals surface area (Å²) in [7, 11) is 3.15. The molecule has 0 aliphatic carbocycles. The number of aliphatic carboxylic acids is 1. The van der Waals surface area contributed by atoms with Crippen LogP contribution < -0.4 is 9.64 Å². The highest BCUT2D eigenvalue weighted by Crippen LogP contribution is 2.22. The fourth-order valence-electron chi connectivity index (χ4n) is 2.16. The third kappa shape index (κ3) is 3.25. The van der Waals surface area contributed by atoms with E-state index in [2.05, 4.69) is 0 Å². The lowest BCUT2D eigenvalue weighted by molar-refractivity contribution is -0.147. The summed E-state index contributed by atoms with van der Waals surface area (Å²) in [5.74, 6) is -0.439. The topological polar surface area (TPSA) is 79.3 Å². The molecule has 1 atom stereocenters. The van der Waals surface area contributed by atoms with Gasteiger partial charge in [-0.15, -0.1) is 0 Å². The van der Waals surface area contributed by atoms with Crippen molar-refractivity contribution in [3.05, 3.63) is 24.3 Å². The molecule has 0 bridgehead atoms. The maximum absolute atomic E-state index is 12.5. The predicted molar refractivity (Wildman–Crippen MR) is 75.7 cm³/mol. The Hall–Kier alpha value is -2.28. The Bertz CT molecular complexity index is 534. The number of ether oxygens (including phenoxy) is 2. The second kappa shape index (κ2) is 6.45. The smallest absolute Gasteiger partial charge is 0.328 e. The number of carboxylic acids is 1. The Labute approximate surface area is 122 Å². The van der Waals surface area contributed by atoms with Crippen molar-refractivity contribution in [1.29, 1.82) is 0 Å². The first-order valence-electron chi connectivity index (χ1n) is 6.53. The van der Waals surface area contributed by atoms with Crippen molar-refractivity contribution in [3.8, 4) is 5.75 Å². The average Bonchev–Trinajstić information content (AvgIpc) is 2.53. The number of methoxy groups -OCH3 is 1. The number of morpholine rings is 1. The number of carboxylic acid groups (broad SMARTS) is 1. The van der Waals surface area contributed by atoms with Crippen LogP contribution in [0.5, 0.6) is 5.75 Å². The molecule has 1 heterocycles. The van der Waals surface area contributed by atoms with E-state index in [1.54, 1.807) is 38.4 Å². The molecule has 1 aliphatic rings. The van der Waals surface area contributed by atoms with Crippen LogP contribution in [0.3, 0.4) is 0 Å². The summed E-state index contributed by atoms with van der Waals surface area (Å²) in [5, 5.41) is 9.18. The molecule has 1 fully saturated rings. The van der Waals surface area contributed by atoms with Crippen LogP contribution in [0.2, 0.25) is 0 Å². The van der Waals surface area contributed by atoms with Gasteiger partial charge in [0.1, 0.15) is 5.75 Å². The fraction of sp³-hybridized carbons (Fsp3) is 0.429. The van der Waals surface area contributed by atoms with Crippen LogP contribution in [-0.4, -0.2) is 62.0 Å². The molecule has 0 saturated carbocycles. The SMILES string of the molecule is COc1cccc(N(C)C(=O)N2CCOCC2C(=O)O)c1. The van der Waals surface area contributed by atoms with Gasteiger partial charge in [0.15, 0.2) is 6.04 Å². The molecule has 0 spiro atoms. The molecule has 1 aliphatic heterocycles. The van der Waals surface area contributed by atoms with Gasteiger partial charge in [0.05, 0.1) is 20.3 Å². The van der Waals surface area contributed by atoms with Gasteiger partial charge >= 0.3 is 12.0 Å². The van der Waals surface area contributed by atoms with E-state index in [4.69, 9.17) is 9.47 Å². The van der Waals surface area contributed by atoms with E-state index >= 15 is 0 Å². The Morgan fingerprint density at radius 1 is 1.48 bits per heavy atom. The highest BCUT2D eigenvalue weighted by atomic mass is 16.5. The van der Waals surface area contributed by atoms with E-state index in [0.717, 1.165) is 0 Å². The largest absolute Gasteiger partial charge is 0.497 e. The van der Waals surface area contributed by atoms with Crippen molar-refractivity contribution < 1.29 is 24.2 Å². The normalized spacial score (nSPS) is 18.2. The lowest BCUT2D eigenvalue weighted by Gasteiger charge is -2.35. The van der Waals surface area contributed by atoms with Gasteiger partial charge in [-0.1, -0.05) is 6.07 Å². The van der Waals surface area contributed by atoms with Gasteiger partial charge in [0.25, 0.3) is 0 Å². The quantitative estimate of drug-likeness (QED) is 0.901. The number of urea groups is 1. The number of amides is 2. The highest BCUT2D eigenvalue weighted by molar-refractivity contribution is 5.94. The number of hydrogen-bond donors (Lipinski definition) is 1. The summed E-state index contributed by atoms with van der Waals surface area (Å²) >= 11 is 0. The van der Waals surface area contributed by atoms with Gasteiger partial charge in [-0.3, -0.25) is 4.90 Å². The minimum absolute atomic E-state index is 0.00697. The number of rotatable bonds is 3. The third-order valence-corrected chi connectivity index (χ3v) is 3.39. The zero-order valence-corrected chi connectivity index (χ0v) is 12.0. The summed E-state index contributed by atoms with van der Waals surface area (Å²) < 4.78 is 10.3. The molecule has 2 amide bonds. The standard InChI is InChI=1S/C14H18N2O5/c1-15(10-4-3-5-11(8-10)20-2)14(19)16-6-7-21-9-12(16)13(17)18/h3-5,8,12H,6-7,9H2,1-2H3,(H,17,18). The Morgan fingerprint density at radius 3 is 2.90 bits per heavy atom. The zero-order chi connectivity index (χ0) is 15.4. The van der Waals surface area contributed by atoms with Crippen LogP contribution in [0, 0.1) is 0 Å². The third-order valence-electron chi connectivity index (χ3n) is 3.39. The molecule has 1 aromatic rings. The van der Waals surface area contributed by atoms with Gasteiger partial charge in [-0.05, 0) is 12.1 Å². The van der Waals surface area contributed by atoms with E-state index in [1.165, 1.54) is 9.80 Å². The van der Waals surface area contributed by atoms with Gasteiger partial charge < -0.3 is 19.5 Å². The molecule has 1 saturated heterocycles.